The van der Waals surface area contributed by atoms with Gasteiger partial charge in [0.1, 0.15) is 5.54 Å². The highest BCUT2D eigenvalue weighted by atomic mass is 16.5. The summed E-state index contributed by atoms with van der Waals surface area (Å²) >= 11 is 0. The fourth-order valence-corrected chi connectivity index (χ4v) is 1.62. The molecule has 5 nitrogen and oxygen atoms in total. The normalized spacial score (nSPS) is 16.8. The lowest BCUT2D eigenvalue weighted by Crippen LogP contribution is -2.51. The highest BCUT2D eigenvalue weighted by Gasteiger charge is 2.33. The lowest BCUT2D eigenvalue weighted by molar-refractivity contribution is -0.144. The molecule has 0 radical (unpaired) electrons. The Morgan fingerprint density at radius 1 is 1.59 bits per heavy atom. The number of ether oxygens (including phenoxy) is 1. The van der Waals surface area contributed by atoms with Gasteiger partial charge in [-0.3, -0.25) is 4.79 Å². The van der Waals surface area contributed by atoms with Crippen LogP contribution in [-0.4, -0.2) is 61.4 Å². The third-order valence-corrected chi connectivity index (χ3v) is 3.27. The number of hydrogen-bond acceptors (Lipinski definition) is 4. The van der Waals surface area contributed by atoms with Crippen molar-refractivity contribution in [3.8, 4) is 0 Å². The molecule has 0 aromatic carbocycles. The maximum Gasteiger partial charge on any atom is 0.323 e. The van der Waals surface area contributed by atoms with Gasteiger partial charge < -0.3 is 20.1 Å². The largest absolute Gasteiger partial charge is 0.480 e. The van der Waals surface area contributed by atoms with Gasteiger partial charge in [0, 0.05) is 19.2 Å². The molecule has 2 unspecified atom stereocenters. The van der Waals surface area contributed by atoms with Gasteiger partial charge in [0.2, 0.25) is 0 Å². The molecular weight excluding hydrogens is 220 g/mol. The van der Waals surface area contributed by atoms with E-state index in [0.29, 0.717) is 19.6 Å². The van der Waals surface area contributed by atoms with Crippen LogP contribution in [0.25, 0.3) is 0 Å². The van der Waals surface area contributed by atoms with Crippen LogP contribution in [0.3, 0.4) is 0 Å². The summed E-state index contributed by atoms with van der Waals surface area (Å²) < 4.78 is 5.28. The number of carboxylic acids is 1. The lowest BCUT2D eigenvalue weighted by atomic mass is 9.93. The third-order valence-electron chi connectivity index (χ3n) is 3.27. The van der Waals surface area contributed by atoms with Gasteiger partial charge in [-0.25, -0.2) is 0 Å². The average Bonchev–Trinajstić information content (AvgIpc) is 2.28. The van der Waals surface area contributed by atoms with Crippen molar-refractivity contribution < 1.29 is 14.6 Å². The van der Waals surface area contributed by atoms with Gasteiger partial charge in [-0.1, -0.05) is 0 Å². The van der Waals surface area contributed by atoms with Crippen LogP contribution in [0.1, 0.15) is 27.2 Å². The Labute approximate surface area is 104 Å². The summed E-state index contributed by atoms with van der Waals surface area (Å²) in [5, 5.41) is 12.0. The first-order chi connectivity index (χ1) is 7.87. The molecule has 2 atom stereocenters. The smallest absolute Gasteiger partial charge is 0.323 e. The highest BCUT2D eigenvalue weighted by Crippen LogP contribution is 2.15. The summed E-state index contributed by atoms with van der Waals surface area (Å²) in [6.45, 7) is 7.92. The van der Waals surface area contributed by atoms with E-state index in [1.54, 1.807) is 14.0 Å². The quantitative estimate of drug-likeness (QED) is 0.589. The van der Waals surface area contributed by atoms with Crippen molar-refractivity contribution in [3.05, 3.63) is 0 Å². The zero-order valence-corrected chi connectivity index (χ0v) is 11.6. The van der Waals surface area contributed by atoms with Crippen LogP contribution in [0.2, 0.25) is 0 Å². The first-order valence-electron chi connectivity index (χ1n) is 6.07. The highest BCUT2D eigenvalue weighted by molar-refractivity contribution is 5.78. The van der Waals surface area contributed by atoms with Crippen molar-refractivity contribution in [2.45, 2.75) is 38.8 Å². The second-order valence-electron chi connectivity index (χ2n) is 4.62. The first-order valence-corrected chi connectivity index (χ1v) is 6.07. The second kappa shape index (κ2) is 7.63. The van der Waals surface area contributed by atoms with Crippen LogP contribution in [0, 0.1) is 0 Å². The number of rotatable bonds is 9. The van der Waals surface area contributed by atoms with Gasteiger partial charge in [0.05, 0.1) is 6.61 Å². The SMILES string of the molecule is CCOCCN(C)C(C)CC(C)(NC)C(=O)O. The minimum absolute atomic E-state index is 0.184. The predicted molar refractivity (Wildman–Crippen MR) is 68.3 cm³/mol. The van der Waals surface area contributed by atoms with Crippen LogP contribution in [0.15, 0.2) is 0 Å². The maximum absolute atomic E-state index is 11.2. The van der Waals surface area contributed by atoms with E-state index in [-0.39, 0.29) is 6.04 Å². The Morgan fingerprint density at radius 2 is 2.18 bits per heavy atom. The summed E-state index contributed by atoms with van der Waals surface area (Å²) in [6.07, 6.45) is 0.557. The molecule has 5 heteroatoms. The van der Waals surface area contributed by atoms with Crippen molar-refractivity contribution >= 4 is 5.97 Å². The molecule has 2 N–H and O–H groups in total. The Bertz CT molecular complexity index is 236. The zero-order valence-electron chi connectivity index (χ0n) is 11.6. The number of aliphatic carboxylic acids is 1. The Kier molecular flexibility index (Phi) is 7.34. The monoisotopic (exact) mass is 246 g/mol. The molecule has 0 aromatic heterocycles. The van der Waals surface area contributed by atoms with Crippen LogP contribution < -0.4 is 5.32 Å². The van der Waals surface area contributed by atoms with Gasteiger partial charge in [-0.05, 0) is 41.3 Å². The molecule has 0 saturated heterocycles. The van der Waals surface area contributed by atoms with Crippen molar-refractivity contribution in [2.75, 3.05) is 33.9 Å². The molecule has 0 aliphatic rings. The number of hydrogen-bond donors (Lipinski definition) is 2. The molecule has 0 amide bonds. The molecule has 0 aliphatic heterocycles. The number of nitrogens with zero attached hydrogens (tertiary/aromatic N) is 1. The van der Waals surface area contributed by atoms with Crippen molar-refractivity contribution in [1.82, 2.24) is 10.2 Å². The van der Waals surface area contributed by atoms with Crippen molar-refractivity contribution in [1.29, 1.82) is 0 Å². The summed E-state index contributed by atoms with van der Waals surface area (Å²) in [4.78, 5) is 13.3. The van der Waals surface area contributed by atoms with E-state index >= 15 is 0 Å². The number of nitrogens with one attached hydrogen (secondary N) is 1. The third kappa shape index (κ3) is 5.48. The molecular formula is C12H26N2O3. The topological polar surface area (TPSA) is 61.8 Å². The first kappa shape index (κ1) is 16.4. The molecule has 17 heavy (non-hydrogen) atoms. The van der Waals surface area contributed by atoms with Gasteiger partial charge >= 0.3 is 5.97 Å². The Morgan fingerprint density at radius 3 is 2.59 bits per heavy atom. The van der Waals surface area contributed by atoms with Gasteiger partial charge in [0.25, 0.3) is 0 Å². The van der Waals surface area contributed by atoms with Crippen LogP contribution >= 0.6 is 0 Å². The number of likely N-dealkylation sites (N-methyl/N-ethyl adjacent to an activating group) is 2. The molecule has 102 valence electrons. The summed E-state index contributed by atoms with van der Waals surface area (Å²) in [5.74, 6) is -0.815. The van der Waals surface area contributed by atoms with E-state index in [1.165, 1.54) is 0 Å². The van der Waals surface area contributed by atoms with E-state index in [1.807, 2.05) is 20.9 Å². The van der Waals surface area contributed by atoms with Crippen molar-refractivity contribution in [3.63, 3.8) is 0 Å². The zero-order chi connectivity index (χ0) is 13.5. The van der Waals surface area contributed by atoms with Crippen LogP contribution in [0.4, 0.5) is 0 Å². The summed E-state index contributed by atoms with van der Waals surface area (Å²) in [6, 6.07) is 0.184. The van der Waals surface area contributed by atoms with Gasteiger partial charge in [0.15, 0.2) is 0 Å². The van der Waals surface area contributed by atoms with Gasteiger partial charge in [-0.2, -0.15) is 0 Å². The molecule has 0 bridgehead atoms. The van der Waals surface area contributed by atoms with E-state index < -0.39 is 11.5 Å². The summed E-state index contributed by atoms with van der Waals surface area (Å²) in [5.41, 5.74) is -0.876. The second-order valence-corrected chi connectivity index (χ2v) is 4.62. The molecule has 0 spiro atoms. The molecule has 0 saturated carbocycles. The van der Waals surface area contributed by atoms with Crippen LogP contribution in [0.5, 0.6) is 0 Å². The average molecular weight is 246 g/mol. The fraction of sp³-hybridized carbons (Fsp3) is 0.917. The van der Waals surface area contributed by atoms with Gasteiger partial charge in [-0.15, -0.1) is 0 Å². The fourth-order valence-electron chi connectivity index (χ4n) is 1.62. The Hall–Kier alpha value is -0.650. The number of carboxylic acid groups (broad SMARTS) is 1. The van der Waals surface area contributed by atoms with E-state index in [4.69, 9.17) is 4.74 Å². The molecule has 0 aromatic rings. The van der Waals surface area contributed by atoms with E-state index in [2.05, 4.69) is 10.2 Å². The predicted octanol–water partition coefficient (Wildman–Crippen LogP) is 0.796. The minimum atomic E-state index is -0.876. The molecule has 0 aliphatic carbocycles. The Balaban J connectivity index is 4.21. The molecule has 0 fully saturated rings. The molecule has 0 heterocycles. The van der Waals surface area contributed by atoms with Crippen LogP contribution in [-0.2, 0) is 9.53 Å². The number of carbonyl (C=O) groups is 1. The lowest BCUT2D eigenvalue weighted by Gasteiger charge is -2.32. The van der Waals surface area contributed by atoms with Crippen molar-refractivity contribution in [2.24, 2.45) is 0 Å². The summed E-state index contributed by atoms with van der Waals surface area (Å²) in [7, 11) is 3.67. The standard InChI is InChI=1S/C12H26N2O3/c1-6-17-8-7-14(5)10(2)9-12(3,13-4)11(15)16/h10,13H,6-9H2,1-5H3,(H,15,16). The minimum Gasteiger partial charge on any atom is -0.480 e. The molecule has 0 rings (SSSR count). The van der Waals surface area contributed by atoms with E-state index in [0.717, 1.165) is 6.54 Å². The maximum atomic E-state index is 11.2. The van der Waals surface area contributed by atoms with E-state index in [9.17, 15) is 9.90 Å².